The predicted octanol–water partition coefficient (Wildman–Crippen LogP) is 4.86. The van der Waals surface area contributed by atoms with Gasteiger partial charge in [0, 0.05) is 32.5 Å². The number of nitrogens with one attached hydrogen (secondary N) is 1. The normalized spacial score (nSPS) is 16.2. The van der Waals surface area contributed by atoms with Crippen molar-refractivity contribution in [2.75, 3.05) is 13.7 Å². The molecule has 2 heterocycles. The first kappa shape index (κ1) is 19.9. The predicted molar refractivity (Wildman–Crippen MR) is 120 cm³/mol. The fraction of sp³-hybridized carbons (Fsp3) is 0.440. The molecular weight excluding hydrogens is 390 g/mol. The van der Waals surface area contributed by atoms with Crippen molar-refractivity contribution in [3.8, 4) is 11.5 Å². The summed E-state index contributed by atoms with van der Waals surface area (Å²) < 4.78 is 13.4. The van der Waals surface area contributed by atoms with Crippen molar-refractivity contribution in [2.24, 2.45) is 5.92 Å². The van der Waals surface area contributed by atoms with Crippen LogP contribution in [0.25, 0.3) is 11.0 Å². The second kappa shape index (κ2) is 8.61. The molecule has 162 valence electrons. The van der Waals surface area contributed by atoms with E-state index in [2.05, 4.69) is 28.1 Å². The van der Waals surface area contributed by atoms with E-state index in [1.807, 2.05) is 18.2 Å². The van der Waals surface area contributed by atoms with E-state index in [1.54, 1.807) is 7.05 Å². The number of carbonyl (C=O) groups excluding carboxylic acids is 1. The second-order valence-electron chi connectivity index (χ2n) is 8.65. The van der Waals surface area contributed by atoms with Crippen molar-refractivity contribution < 1.29 is 14.3 Å². The van der Waals surface area contributed by atoms with E-state index in [0.29, 0.717) is 11.7 Å². The molecule has 0 atom stereocenters. The summed E-state index contributed by atoms with van der Waals surface area (Å²) in [5.74, 6) is 3.28. The van der Waals surface area contributed by atoms with E-state index in [4.69, 9.17) is 14.5 Å². The summed E-state index contributed by atoms with van der Waals surface area (Å²) in [6.45, 7) is 1.77. The van der Waals surface area contributed by atoms with Crippen LogP contribution in [-0.2, 0) is 19.4 Å². The standard InChI is InChI=1S/C25H29N3O3/c1-26-25(29)31-20-8-9-22-21(15-20)27-24(28(22)16-17-5-3-2-4-6-17)14-18-7-10-23-19(13-18)11-12-30-23/h7-10,13,15,17H,2-6,11-12,14,16H2,1H3,(H,26,29). The van der Waals surface area contributed by atoms with Crippen LogP contribution in [0.15, 0.2) is 36.4 Å². The molecular formula is C25H29N3O3. The average molecular weight is 420 g/mol. The van der Waals surface area contributed by atoms with E-state index in [-0.39, 0.29) is 0 Å². The lowest BCUT2D eigenvalue weighted by atomic mass is 9.89. The number of imidazole rings is 1. The molecule has 1 saturated carbocycles. The summed E-state index contributed by atoms with van der Waals surface area (Å²) in [6, 6.07) is 12.2. The number of nitrogens with zero attached hydrogens (tertiary/aromatic N) is 2. The molecule has 2 aromatic carbocycles. The molecule has 6 heteroatoms. The van der Waals surface area contributed by atoms with Gasteiger partial charge in [0.2, 0.25) is 0 Å². The lowest BCUT2D eigenvalue weighted by Crippen LogP contribution is -2.21. The summed E-state index contributed by atoms with van der Waals surface area (Å²) in [5.41, 5.74) is 4.52. The molecule has 0 unspecified atom stereocenters. The maximum absolute atomic E-state index is 11.6. The van der Waals surface area contributed by atoms with Gasteiger partial charge in [-0.3, -0.25) is 0 Å². The molecule has 1 fully saturated rings. The van der Waals surface area contributed by atoms with E-state index in [1.165, 1.54) is 43.2 Å². The first-order valence-corrected chi connectivity index (χ1v) is 11.3. The van der Waals surface area contributed by atoms with Crippen LogP contribution in [0.3, 0.4) is 0 Å². The van der Waals surface area contributed by atoms with Gasteiger partial charge in [-0.1, -0.05) is 31.4 Å². The Kier molecular flexibility index (Phi) is 5.53. The number of amides is 1. The van der Waals surface area contributed by atoms with Crippen molar-refractivity contribution in [1.29, 1.82) is 0 Å². The van der Waals surface area contributed by atoms with Crippen LogP contribution >= 0.6 is 0 Å². The molecule has 0 radical (unpaired) electrons. The van der Waals surface area contributed by atoms with Gasteiger partial charge in [0.05, 0.1) is 17.6 Å². The lowest BCUT2D eigenvalue weighted by molar-refractivity contribution is 0.203. The number of hydrogen-bond donors (Lipinski definition) is 1. The van der Waals surface area contributed by atoms with Crippen LogP contribution in [0, 0.1) is 5.92 Å². The molecule has 2 aliphatic rings. The summed E-state index contributed by atoms with van der Waals surface area (Å²) >= 11 is 0. The highest BCUT2D eigenvalue weighted by atomic mass is 16.5. The first-order valence-electron chi connectivity index (χ1n) is 11.3. The highest BCUT2D eigenvalue weighted by Gasteiger charge is 2.20. The van der Waals surface area contributed by atoms with Crippen LogP contribution in [-0.4, -0.2) is 29.3 Å². The Morgan fingerprint density at radius 2 is 2.06 bits per heavy atom. The Bertz CT molecular complexity index is 1100. The first-order chi connectivity index (χ1) is 15.2. The van der Waals surface area contributed by atoms with Gasteiger partial charge in [0.25, 0.3) is 0 Å². The Hall–Kier alpha value is -3.02. The number of fused-ring (bicyclic) bond motifs is 2. The minimum atomic E-state index is -0.471. The van der Waals surface area contributed by atoms with E-state index < -0.39 is 6.09 Å². The number of benzene rings is 2. The number of hydrogen-bond acceptors (Lipinski definition) is 4. The van der Waals surface area contributed by atoms with Crippen LogP contribution in [0.2, 0.25) is 0 Å². The van der Waals surface area contributed by atoms with Gasteiger partial charge in [-0.2, -0.15) is 0 Å². The topological polar surface area (TPSA) is 65.4 Å². The number of rotatable bonds is 5. The van der Waals surface area contributed by atoms with Crippen molar-refractivity contribution in [3.63, 3.8) is 0 Å². The second-order valence-corrected chi connectivity index (χ2v) is 8.65. The minimum absolute atomic E-state index is 0.471. The maximum atomic E-state index is 11.6. The zero-order valence-electron chi connectivity index (χ0n) is 18.0. The molecule has 0 saturated heterocycles. The van der Waals surface area contributed by atoms with Crippen molar-refractivity contribution >= 4 is 17.1 Å². The van der Waals surface area contributed by atoms with Crippen LogP contribution < -0.4 is 14.8 Å². The van der Waals surface area contributed by atoms with Gasteiger partial charge < -0.3 is 19.4 Å². The van der Waals surface area contributed by atoms with E-state index in [0.717, 1.165) is 48.6 Å². The third kappa shape index (κ3) is 4.24. The minimum Gasteiger partial charge on any atom is -0.493 e. The summed E-state index contributed by atoms with van der Waals surface area (Å²) in [4.78, 5) is 16.6. The van der Waals surface area contributed by atoms with Crippen LogP contribution in [0.5, 0.6) is 11.5 Å². The quantitative estimate of drug-likeness (QED) is 0.641. The third-order valence-electron chi connectivity index (χ3n) is 6.50. The van der Waals surface area contributed by atoms with Crippen molar-refractivity contribution in [2.45, 2.75) is 51.5 Å². The molecule has 0 spiro atoms. The van der Waals surface area contributed by atoms with Gasteiger partial charge in [0.15, 0.2) is 0 Å². The molecule has 1 aliphatic heterocycles. The van der Waals surface area contributed by atoms with Gasteiger partial charge in [-0.25, -0.2) is 9.78 Å². The zero-order valence-corrected chi connectivity index (χ0v) is 18.0. The molecule has 1 N–H and O–H groups in total. The zero-order chi connectivity index (χ0) is 21.2. The largest absolute Gasteiger partial charge is 0.493 e. The SMILES string of the molecule is CNC(=O)Oc1ccc2c(c1)nc(Cc1ccc3c(c1)CCO3)n2CC1CCCCC1. The highest BCUT2D eigenvalue weighted by Crippen LogP contribution is 2.31. The Balaban J connectivity index is 1.49. The van der Waals surface area contributed by atoms with Crippen LogP contribution in [0.1, 0.15) is 49.1 Å². The summed E-state index contributed by atoms with van der Waals surface area (Å²) in [6.07, 6.45) is 7.85. The number of ether oxygens (including phenoxy) is 2. The molecule has 31 heavy (non-hydrogen) atoms. The monoisotopic (exact) mass is 419 g/mol. The molecule has 3 aromatic rings. The Morgan fingerprint density at radius 3 is 2.90 bits per heavy atom. The van der Waals surface area contributed by atoms with Gasteiger partial charge in [-0.15, -0.1) is 0 Å². The number of aromatic nitrogens is 2. The van der Waals surface area contributed by atoms with E-state index in [9.17, 15) is 4.79 Å². The molecule has 0 bridgehead atoms. The van der Waals surface area contributed by atoms with Gasteiger partial charge in [-0.05, 0) is 48.1 Å². The van der Waals surface area contributed by atoms with Gasteiger partial charge in [0.1, 0.15) is 17.3 Å². The summed E-state index contributed by atoms with van der Waals surface area (Å²) in [7, 11) is 1.56. The fourth-order valence-electron chi connectivity index (χ4n) is 4.88. The summed E-state index contributed by atoms with van der Waals surface area (Å²) in [5, 5.41) is 2.49. The molecule has 1 amide bonds. The third-order valence-corrected chi connectivity index (χ3v) is 6.50. The average Bonchev–Trinajstić information content (AvgIpc) is 3.38. The van der Waals surface area contributed by atoms with Crippen LogP contribution in [0.4, 0.5) is 4.79 Å². The number of carbonyl (C=O) groups is 1. The lowest BCUT2D eigenvalue weighted by Gasteiger charge is -2.23. The molecule has 1 aromatic heterocycles. The molecule has 1 aliphatic carbocycles. The molecule has 5 rings (SSSR count). The molecule has 6 nitrogen and oxygen atoms in total. The van der Waals surface area contributed by atoms with E-state index >= 15 is 0 Å². The van der Waals surface area contributed by atoms with Gasteiger partial charge >= 0.3 is 6.09 Å². The Morgan fingerprint density at radius 1 is 1.19 bits per heavy atom. The Labute approximate surface area is 182 Å². The fourth-order valence-corrected chi connectivity index (χ4v) is 4.88. The highest BCUT2D eigenvalue weighted by molar-refractivity contribution is 5.79. The van der Waals surface area contributed by atoms with Crippen molar-refractivity contribution in [1.82, 2.24) is 14.9 Å². The maximum Gasteiger partial charge on any atom is 0.412 e. The van der Waals surface area contributed by atoms with Crippen molar-refractivity contribution in [3.05, 3.63) is 53.3 Å². The smallest absolute Gasteiger partial charge is 0.412 e.